The van der Waals surface area contributed by atoms with E-state index in [1.807, 2.05) is 12.1 Å². The Labute approximate surface area is 123 Å². The van der Waals surface area contributed by atoms with Gasteiger partial charge in [-0.2, -0.15) is 0 Å². The van der Waals surface area contributed by atoms with Crippen LogP contribution >= 0.6 is 0 Å². The lowest BCUT2D eigenvalue weighted by atomic mass is 10.1. The van der Waals surface area contributed by atoms with E-state index in [1.54, 1.807) is 6.26 Å². The molecular weight excluding hydrogens is 266 g/mol. The third-order valence-corrected chi connectivity index (χ3v) is 4.34. The molecule has 1 fully saturated rings. The zero-order chi connectivity index (χ0) is 14.2. The molecule has 0 atom stereocenters. The van der Waals surface area contributed by atoms with Crippen molar-refractivity contribution >= 4 is 0 Å². The Morgan fingerprint density at radius 2 is 2.33 bits per heavy atom. The zero-order valence-electron chi connectivity index (χ0n) is 12.0. The van der Waals surface area contributed by atoms with E-state index >= 15 is 0 Å². The van der Waals surface area contributed by atoms with Crippen molar-refractivity contribution in [1.29, 1.82) is 0 Å². The van der Waals surface area contributed by atoms with E-state index in [-0.39, 0.29) is 5.56 Å². The van der Waals surface area contributed by atoms with Gasteiger partial charge in [-0.3, -0.25) is 9.69 Å². The fourth-order valence-electron chi connectivity index (χ4n) is 3.00. The molecule has 3 heterocycles. The molecule has 1 saturated carbocycles. The first-order valence-corrected chi connectivity index (χ1v) is 7.63. The summed E-state index contributed by atoms with van der Waals surface area (Å²) in [4.78, 5) is 22.1. The third kappa shape index (κ3) is 2.78. The van der Waals surface area contributed by atoms with Crippen molar-refractivity contribution in [3.8, 4) is 0 Å². The van der Waals surface area contributed by atoms with E-state index in [9.17, 15) is 4.79 Å². The first-order valence-electron chi connectivity index (χ1n) is 7.63. The van der Waals surface area contributed by atoms with Gasteiger partial charge in [0.25, 0.3) is 5.56 Å². The average Bonchev–Trinajstić information content (AvgIpc) is 3.12. The monoisotopic (exact) mass is 285 g/mol. The number of rotatable bonds is 4. The van der Waals surface area contributed by atoms with Gasteiger partial charge in [-0.05, 0) is 37.3 Å². The Morgan fingerprint density at radius 3 is 3.10 bits per heavy atom. The van der Waals surface area contributed by atoms with Crippen molar-refractivity contribution in [3.05, 3.63) is 51.6 Å². The molecule has 0 amide bonds. The quantitative estimate of drug-likeness (QED) is 0.931. The van der Waals surface area contributed by atoms with Gasteiger partial charge < -0.3 is 9.40 Å². The zero-order valence-corrected chi connectivity index (χ0v) is 12.0. The van der Waals surface area contributed by atoms with Crippen LogP contribution in [0.5, 0.6) is 0 Å². The minimum Gasteiger partial charge on any atom is -0.468 e. The summed E-state index contributed by atoms with van der Waals surface area (Å²) in [5.41, 5.74) is 1.88. The van der Waals surface area contributed by atoms with Crippen LogP contribution in [0.3, 0.4) is 0 Å². The normalized spacial score (nSPS) is 18.7. The van der Waals surface area contributed by atoms with E-state index in [0.29, 0.717) is 0 Å². The van der Waals surface area contributed by atoms with Gasteiger partial charge in [-0.15, -0.1) is 0 Å². The van der Waals surface area contributed by atoms with E-state index in [1.165, 1.54) is 12.8 Å². The van der Waals surface area contributed by atoms with Crippen molar-refractivity contribution in [2.75, 3.05) is 6.54 Å². The molecule has 2 aromatic heterocycles. The van der Waals surface area contributed by atoms with Gasteiger partial charge >= 0.3 is 0 Å². The Hall–Kier alpha value is -1.88. The van der Waals surface area contributed by atoms with Crippen LogP contribution in [0.1, 0.15) is 35.7 Å². The van der Waals surface area contributed by atoms with Crippen molar-refractivity contribution in [3.63, 3.8) is 0 Å². The van der Waals surface area contributed by atoms with Gasteiger partial charge in [-0.1, -0.05) is 0 Å². The van der Waals surface area contributed by atoms with Gasteiger partial charge in [0, 0.05) is 25.1 Å². The topological polar surface area (TPSA) is 62.1 Å². The molecule has 0 unspecified atom stereocenters. The number of aromatic amines is 1. The molecule has 1 aliphatic carbocycles. The van der Waals surface area contributed by atoms with Crippen molar-refractivity contribution in [2.45, 2.75) is 38.8 Å². The Balaban J connectivity index is 1.55. The number of hydrogen-bond acceptors (Lipinski definition) is 4. The Kier molecular flexibility index (Phi) is 3.15. The summed E-state index contributed by atoms with van der Waals surface area (Å²) in [5.74, 6) is 2.55. The van der Waals surface area contributed by atoms with Crippen LogP contribution in [0.15, 0.2) is 27.6 Å². The molecule has 2 aliphatic rings. The molecule has 0 bridgehead atoms. The van der Waals surface area contributed by atoms with Gasteiger partial charge in [0.2, 0.25) is 0 Å². The molecule has 4 rings (SSSR count). The Morgan fingerprint density at radius 1 is 1.43 bits per heavy atom. The molecular formula is C16H19N3O2. The van der Waals surface area contributed by atoms with Crippen LogP contribution in [0, 0.1) is 5.92 Å². The summed E-state index contributed by atoms with van der Waals surface area (Å²) in [5, 5.41) is 0. The maximum atomic E-state index is 12.2. The highest BCUT2D eigenvalue weighted by atomic mass is 16.3. The summed E-state index contributed by atoms with van der Waals surface area (Å²) in [7, 11) is 0. The second-order valence-electron chi connectivity index (χ2n) is 6.13. The van der Waals surface area contributed by atoms with Crippen LogP contribution < -0.4 is 5.56 Å². The van der Waals surface area contributed by atoms with Gasteiger partial charge in [0.05, 0.1) is 18.5 Å². The third-order valence-electron chi connectivity index (χ3n) is 4.34. The second-order valence-corrected chi connectivity index (χ2v) is 6.13. The molecule has 110 valence electrons. The minimum atomic E-state index is 0.0632. The average molecular weight is 285 g/mol. The van der Waals surface area contributed by atoms with Crippen molar-refractivity contribution < 1.29 is 4.42 Å². The van der Waals surface area contributed by atoms with Crippen LogP contribution in [-0.2, 0) is 25.9 Å². The largest absolute Gasteiger partial charge is 0.468 e. The summed E-state index contributed by atoms with van der Waals surface area (Å²) >= 11 is 0. The predicted octanol–water partition coefficient (Wildman–Crippen LogP) is 1.87. The number of fused-ring (bicyclic) bond motifs is 1. The molecule has 0 aromatic carbocycles. The molecule has 5 nitrogen and oxygen atoms in total. The lowest BCUT2D eigenvalue weighted by molar-refractivity contribution is 0.221. The highest BCUT2D eigenvalue weighted by molar-refractivity contribution is 5.21. The lowest BCUT2D eigenvalue weighted by Crippen LogP contribution is -2.35. The number of nitrogens with one attached hydrogen (secondary N) is 1. The molecule has 5 heteroatoms. The predicted molar refractivity (Wildman–Crippen MR) is 77.8 cm³/mol. The first kappa shape index (κ1) is 12.8. The summed E-state index contributed by atoms with van der Waals surface area (Å²) in [6.45, 7) is 2.39. The van der Waals surface area contributed by atoms with E-state index < -0.39 is 0 Å². The van der Waals surface area contributed by atoms with E-state index in [0.717, 1.165) is 61.2 Å². The number of H-pyrrole nitrogens is 1. The number of hydrogen-bond donors (Lipinski definition) is 1. The molecule has 21 heavy (non-hydrogen) atoms. The Bertz CT molecular complexity index is 686. The SMILES string of the molecule is O=c1[nH]c(CC2CC2)nc2c1CCN(Cc1ccco1)C2. The highest BCUT2D eigenvalue weighted by Crippen LogP contribution is 2.31. The second kappa shape index (κ2) is 5.15. The van der Waals surface area contributed by atoms with E-state index in [2.05, 4.69) is 9.88 Å². The maximum Gasteiger partial charge on any atom is 0.254 e. The van der Waals surface area contributed by atoms with Crippen LogP contribution in [0.25, 0.3) is 0 Å². The number of nitrogens with zero attached hydrogens (tertiary/aromatic N) is 2. The molecule has 0 radical (unpaired) electrons. The van der Waals surface area contributed by atoms with Crippen LogP contribution in [0.4, 0.5) is 0 Å². The standard InChI is InChI=1S/C16H19N3O2/c20-16-13-5-6-19(9-12-2-1-7-21-12)10-14(13)17-15(18-16)8-11-3-4-11/h1-2,7,11H,3-6,8-10H2,(H,17,18,20). The van der Waals surface area contributed by atoms with Gasteiger partial charge in [-0.25, -0.2) is 4.98 Å². The molecule has 2 aromatic rings. The number of furan rings is 1. The summed E-state index contributed by atoms with van der Waals surface area (Å²) in [6, 6.07) is 3.89. The lowest BCUT2D eigenvalue weighted by Gasteiger charge is -2.26. The minimum absolute atomic E-state index is 0.0632. The number of aromatic nitrogens is 2. The highest BCUT2D eigenvalue weighted by Gasteiger charge is 2.25. The summed E-state index contributed by atoms with van der Waals surface area (Å²) < 4.78 is 5.40. The molecule has 0 spiro atoms. The molecule has 1 N–H and O–H groups in total. The van der Waals surface area contributed by atoms with Crippen molar-refractivity contribution in [1.82, 2.24) is 14.9 Å². The van der Waals surface area contributed by atoms with E-state index in [4.69, 9.17) is 9.40 Å². The fraction of sp³-hybridized carbons (Fsp3) is 0.500. The molecule has 0 saturated heterocycles. The summed E-state index contributed by atoms with van der Waals surface area (Å²) in [6.07, 6.45) is 5.92. The van der Waals surface area contributed by atoms with Gasteiger partial charge in [0.1, 0.15) is 11.6 Å². The first-order chi connectivity index (χ1) is 10.3. The fourth-order valence-corrected chi connectivity index (χ4v) is 3.00. The maximum absolute atomic E-state index is 12.2. The van der Waals surface area contributed by atoms with Crippen LogP contribution in [-0.4, -0.2) is 21.4 Å². The van der Waals surface area contributed by atoms with Crippen LogP contribution in [0.2, 0.25) is 0 Å². The smallest absolute Gasteiger partial charge is 0.254 e. The van der Waals surface area contributed by atoms with Crippen molar-refractivity contribution in [2.24, 2.45) is 5.92 Å². The molecule has 1 aliphatic heterocycles. The van der Waals surface area contributed by atoms with Gasteiger partial charge in [0.15, 0.2) is 0 Å².